The summed E-state index contributed by atoms with van der Waals surface area (Å²) in [6.45, 7) is 7.86. The van der Waals surface area contributed by atoms with Gasteiger partial charge in [-0.05, 0) is 64.4 Å². The van der Waals surface area contributed by atoms with Gasteiger partial charge in [-0.2, -0.15) is 0 Å². The van der Waals surface area contributed by atoms with Crippen LogP contribution in [-0.4, -0.2) is 40.4 Å². The second-order valence-corrected chi connectivity index (χ2v) is 7.45. The molecule has 2 amide bonds. The van der Waals surface area contributed by atoms with Crippen molar-refractivity contribution in [2.75, 3.05) is 13.1 Å². The van der Waals surface area contributed by atoms with Crippen molar-refractivity contribution in [1.82, 2.24) is 20.3 Å². The summed E-state index contributed by atoms with van der Waals surface area (Å²) in [4.78, 5) is 27.5. The van der Waals surface area contributed by atoms with Crippen LogP contribution >= 0.6 is 0 Å². The van der Waals surface area contributed by atoms with E-state index in [1.807, 2.05) is 54.8 Å². The summed E-state index contributed by atoms with van der Waals surface area (Å²) in [6.07, 6.45) is 4.03. The van der Waals surface area contributed by atoms with Crippen molar-refractivity contribution in [3.05, 3.63) is 53.3 Å². The fourth-order valence-corrected chi connectivity index (χ4v) is 4.08. The largest absolute Gasteiger partial charge is 0.318 e. The summed E-state index contributed by atoms with van der Waals surface area (Å²) in [6, 6.07) is 11.6. The van der Waals surface area contributed by atoms with Crippen LogP contribution < -0.4 is 10.9 Å². The van der Waals surface area contributed by atoms with E-state index in [0.717, 1.165) is 55.8 Å². The van der Waals surface area contributed by atoms with Crippen molar-refractivity contribution in [2.24, 2.45) is 0 Å². The zero-order chi connectivity index (χ0) is 20.1. The highest BCUT2D eigenvalue weighted by Crippen LogP contribution is 2.21. The van der Waals surface area contributed by atoms with Crippen molar-refractivity contribution in [2.45, 2.75) is 52.5 Å². The summed E-state index contributed by atoms with van der Waals surface area (Å²) in [7, 11) is 0. The molecule has 1 aliphatic heterocycles. The van der Waals surface area contributed by atoms with Gasteiger partial charge in [0.05, 0.1) is 11.6 Å². The summed E-state index contributed by atoms with van der Waals surface area (Å²) >= 11 is 0. The fourth-order valence-electron chi connectivity index (χ4n) is 4.08. The standard InChI is InChI=1S/C22H30N4O2/c1-4-13-25-14-9-8-12-20(25)22(28)24-23-21(27)19-15-16(2)26(17(19)3)18-10-6-5-7-11-18/h5-7,10-11,15,20H,4,8-9,12-14H2,1-3H3,(H,23,27)(H,24,28). The number of carbonyl (C=O) groups excluding carboxylic acids is 2. The van der Waals surface area contributed by atoms with Crippen LogP contribution in [0.4, 0.5) is 0 Å². The lowest BCUT2D eigenvalue weighted by molar-refractivity contribution is -0.128. The molecule has 1 aromatic heterocycles. The van der Waals surface area contributed by atoms with Gasteiger partial charge in [-0.1, -0.05) is 31.5 Å². The van der Waals surface area contributed by atoms with E-state index in [0.29, 0.717) is 5.56 Å². The molecule has 2 aromatic rings. The minimum atomic E-state index is -0.290. The molecule has 1 atom stereocenters. The lowest BCUT2D eigenvalue weighted by Crippen LogP contribution is -2.54. The molecule has 1 aromatic carbocycles. The first-order valence-corrected chi connectivity index (χ1v) is 10.1. The third-order valence-corrected chi connectivity index (χ3v) is 5.42. The molecule has 0 saturated carbocycles. The van der Waals surface area contributed by atoms with Crippen molar-refractivity contribution >= 4 is 11.8 Å². The summed E-state index contributed by atoms with van der Waals surface area (Å²) in [5.41, 5.74) is 8.66. The number of amides is 2. The number of hydrogen-bond acceptors (Lipinski definition) is 3. The lowest BCUT2D eigenvalue weighted by Gasteiger charge is -2.34. The molecule has 28 heavy (non-hydrogen) atoms. The third kappa shape index (κ3) is 4.28. The Kier molecular flexibility index (Phi) is 6.52. The number of aromatic nitrogens is 1. The van der Waals surface area contributed by atoms with Gasteiger partial charge < -0.3 is 4.57 Å². The van der Waals surface area contributed by atoms with Gasteiger partial charge in [-0.15, -0.1) is 0 Å². The Bertz CT molecular complexity index is 827. The zero-order valence-electron chi connectivity index (χ0n) is 17.0. The van der Waals surface area contributed by atoms with Gasteiger partial charge in [0.25, 0.3) is 11.8 Å². The van der Waals surface area contributed by atoms with Crippen molar-refractivity contribution in [1.29, 1.82) is 0 Å². The lowest BCUT2D eigenvalue weighted by atomic mass is 10.0. The molecule has 6 heteroatoms. The van der Waals surface area contributed by atoms with Crippen LogP contribution in [0.3, 0.4) is 0 Å². The van der Waals surface area contributed by atoms with Crippen LogP contribution in [0.25, 0.3) is 5.69 Å². The summed E-state index contributed by atoms with van der Waals surface area (Å²) < 4.78 is 2.04. The van der Waals surface area contributed by atoms with E-state index in [4.69, 9.17) is 0 Å². The van der Waals surface area contributed by atoms with Crippen LogP contribution in [0, 0.1) is 13.8 Å². The van der Waals surface area contributed by atoms with Gasteiger partial charge in [0, 0.05) is 17.1 Å². The predicted molar refractivity (Wildman–Crippen MR) is 110 cm³/mol. The van der Waals surface area contributed by atoms with E-state index >= 15 is 0 Å². The van der Waals surface area contributed by atoms with E-state index in [1.54, 1.807) is 0 Å². The minimum absolute atomic E-state index is 0.127. The molecule has 1 aliphatic rings. The number of nitrogens with zero attached hydrogens (tertiary/aromatic N) is 2. The average Bonchev–Trinajstić information content (AvgIpc) is 3.01. The van der Waals surface area contributed by atoms with E-state index in [-0.39, 0.29) is 17.9 Å². The van der Waals surface area contributed by atoms with Gasteiger partial charge in [-0.3, -0.25) is 25.3 Å². The van der Waals surface area contributed by atoms with Crippen molar-refractivity contribution in [3.63, 3.8) is 0 Å². The molecular formula is C22H30N4O2. The first kappa shape index (κ1) is 20.1. The molecule has 1 fully saturated rings. The first-order chi connectivity index (χ1) is 13.5. The molecular weight excluding hydrogens is 352 g/mol. The van der Waals surface area contributed by atoms with Gasteiger partial charge in [0.2, 0.25) is 0 Å². The maximum Gasteiger partial charge on any atom is 0.271 e. The molecule has 2 N–H and O–H groups in total. The molecule has 2 heterocycles. The number of rotatable bonds is 5. The van der Waals surface area contributed by atoms with Crippen molar-refractivity contribution < 1.29 is 9.59 Å². The maximum atomic E-state index is 12.7. The number of nitrogens with one attached hydrogen (secondary N) is 2. The second kappa shape index (κ2) is 9.06. The van der Waals surface area contributed by atoms with E-state index in [9.17, 15) is 9.59 Å². The zero-order valence-corrected chi connectivity index (χ0v) is 17.0. The number of aryl methyl sites for hydroxylation is 1. The first-order valence-electron chi connectivity index (χ1n) is 10.1. The number of piperidine rings is 1. The average molecular weight is 383 g/mol. The number of carbonyl (C=O) groups is 2. The Hall–Kier alpha value is -2.60. The number of para-hydroxylation sites is 1. The van der Waals surface area contributed by atoms with Crippen LogP contribution in [0.2, 0.25) is 0 Å². The minimum Gasteiger partial charge on any atom is -0.318 e. The van der Waals surface area contributed by atoms with Crippen LogP contribution in [-0.2, 0) is 4.79 Å². The second-order valence-electron chi connectivity index (χ2n) is 7.45. The molecule has 150 valence electrons. The Morgan fingerprint density at radius 1 is 1.11 bits per heavy atom. The van der Waals surface area contributed by atoms with Gasteiger partial charge in [0.15, 0.2) is 0 Å². The number of hydrazine groups is 1. The maximum absolute atomic E-state index is 12.7. The Balaban J connectivity index is 1.68. The summed E-state index contributed by atoms with van der Waals surface area (Å²) in [5.74, 6) is -0.417. The quantitative estimate of drug-likeness (QED) is 0.781. The monoisotopic (exact) mass is 382 g/mol. The normalized spacial score (nSPS) is 17.3. The topological polar surface area (TPSA) is 66.4 Å². The molecule has 0 bridgehead atoms. The number of benzene rings is 1. The highest BCUT2D eigenvalue weighted by Gasteiger charge is 2.28. The Morgan fingerprint density at radius 3 is 2.57 bits per heavy atom. The Morgan fingerprint density at radius 2 is 1.86 bits per heavy atom. The Labute approximate surface area is 166 Å². The summed E-state index contributed by atoms with van der Waals surface area (Å²) in [5, 5.41) is 0. The van der Waals surface area contributed by atoms with Gasteiger partial charge >= 0.3 is 0 Å². The fraction of sp³-hybridized carbons (Fsp3) is 0.455. The molecule has 0 aliphatic carbocycles. The van der Waals surface area contributed by atoms with Crippen LogP contribution in [0.15, 0.2) is 36.4 Å². The molecule has 0 spiro atoms. The van der Waals surface area contributed by atoms with Crippen LogP contribution in [0.5, 0.6) is 0 Å². The number of hydrogen-bond donors (Lipinski definition) is 2. The van der Waals surface area contributed by atoms with Crippen LogP contribution in [0.1, 0.15) is 54.4 Å². The molecule has 3 rings (SSSR count). The highest BCUT2D eigenvalue weighted by atomic mass is 16.2. The van der Waals surface area contributed by atoms with Gasteiger partial charge in [0.1, 0.15) is 0 Å². The van der Waals surface area contributed by atoms with Gasteiger partial charge in [-0.25, -0.2) is 0 Å². The third-order valence-electron chi connectivity index (χ3n) is 5.42. The highest BCUT2D eigenvalue weighted by molar-refractivity contribution is 5.97. The molecule has 0 radical (unpaired) electrons. The molecule has 6 nitrogen and oxygen atoms in total. The molecule has 1 saturated heterocycles. The van der Waals surface area contributed by atoms with Crippen molar-refractivity contribution in [3.8, 4) is 5.69 Å². The van der Waals surface area contributed by atoms with E-state index in [2.05, 4.69) is 22.7 Å². The van der Waals surface area contributed by atoms with E-state index < -0.39 is 0 Å². The smallest absolute Gasteiger partial charge is 0.271 e. The van der Waals surface area contributed by atoms with E-state index in [1.165, 1.54) is 0 Å². The SMILES string of the molecule is CCCN1CCCCC1C(=O)NNC(=O)c1cc(C)n(-c2ccccc2)c1C. The number of likely N-dealkylation sites (tertiary alicyclic amines) is 1. The predicted octanol–water partition coefficient (Wildman–Crippen LogP) is 3.12. The molecule has 1 unspecified atom stereocenters.